The summed E-state index contributed by atoms with van der Waals surface area (Å²) in [7, 11) is 0. The molecule has 0 bridgehead atoms. The van der Waals surface area contributed by atoms with Crippen molar-refractivity contribution in [2.75, 3.05) is 12.3 Å². The van der Waals surface area contributed by atoms with Gasteiger partial charge in [-0.3, -0.25) is 14.3 Å². The van der Waals surface area contributed by atoms with Gasteiger partial charge in [0.2, 0.25) is 5.91 Å². The second-order valence-corrected chi connectivity index (χ2v) is 9.68. The summed E-state index contributed by atoms with van der Waals surface area (Å²) >= 11 is 0. The number of benzene rings is 1. The second kappa shape index (κ2) is 9.53. The van der Waals surface area contributed by atoms with Crippen LogP contribution in [0.5, 0.6) is 0 Å². The quantitative estimate of drug-likeness (QED) is 0.524. The average molecular weight is 513 g/mol. The van der Waals surface area contributed by atoms with Gasteiger partial charge in [-0.1, -0.05) is 31.2 Å². The van der Waals surface area contributed by atoms with Crippen LogP contribution in [0.15, 0.2) is 42.7 Å². The molecule has 8 nitrogen and oxygen atoms in total. The number of hydrogen-bond donors (Lipinski definition) is 2. The molecule has 1 aliphatic carbocycles. The lowest BCUT2D eigenvalue weighted by Crippen LogP contribution is -2.28. The van der Waals surface area contributed by atoms with E-state index in [2.05, 4.69) is 15.4 Å². The molecule has 5 rings (SSSR count). The number of fused-ring (bicyclic) bond motifs is 1. The average Bonchev–Trinajstić information content (AvgIpc) is 3.55. The Labute approximate surface area is 211 Å². The van der Waals surface area contributed by atoms with Gasteiger partial charge in [0, 0.05) is 31.4 Å². The number of carbonyl (C=O) groups is 2. The predicted octanol–water partition coefficient (Wildman–Crippen LogP) is 3.71. The van der Waals surface area contributed by atoms with Gasteiger partial charge in [-0.25, -0.2) is 4.98 Å². The number of likely N-dealkylation sites (tertiary alicyclic amines) is 1. The van der Waals surface area contributed by atoms with Gasteiger partial charge in [0.05, 0.1) is 18.2 Å². The molecule has 2 aliphatic rings. The molecule has 3 aromatic rings. The first kappa shape index (κ1) is 24.8. The van der Waals surface area contributed by atoms with Crippen LogP contribution in [-0.4, -0.2) is 38.0 Å². The highest BCUT2D eigenvalue weighted by Crippen LogP contribution is 2.35. The SMILES string of the molecule is C[C@H]1CCN(Cc2ccc(Cn3cc(C(=O)NC4CCc5c4ccnc5N)c(C(F)(F)F)n3)cc2)C1=O. The molecule has 37 heavy (non-hydrogen) atoms. The third-order valence-electron chi connectivity index (χ3n) is 7.07. The van der Waals surface area contributed by atoms with E-state index in [1.165, 1.54) is 6.20 Å². The summed E-state index contributed by atoms with van der Waals surface area (Å²) in [5.74, 6) is -0.309. The summed E-state index contributed by atoms with van der Waals surface area (Å²) in [5, 5.41) is 6.41. The maximum absolute atomic E-state index is 13.8. The van der Waals surface area contributed by atoms with Crippen LogP contribution in [0, 0.1) is 5.92 Å². The van der Waals surface area contributed by atoms with Crippen LogP contribution in [0.4, 0.5) is 19.0 Å². The van der Waals surface area contributed by atoms with Gasteiger partial charge in [0.1, 0.15) is 5.82 Å². The van der Waals surface area contributed by atoms with Gasteiger partial charge in [-0.15, -0.1) is 0 Å². The van der Waals surface area contributed by atoms with Crippen LogP contribution in [0.3, 0.4) is 0 Å². The van der Waals surface area contributed by atoms with E-state index >= 15 is 0 Å². The van der Waals surface area contributed by atoms with Crippen molar-refractivity contribution in [2.45, 2.75) is 51.5 Å². The number of nitrogens with zero attached hydrogens (tertiary/aromatic N) is 4. The molecule has 3 heterocycles. The monoisotopic (exact) mass is 512 g/mol. The number of hydrogen-bond acceptors (Lipinski definition) is 5. The third kappa shape index (κ3) is 5.03. The van der Waals surface area contributed by atoms with Crippen molar-refractivity contribution >= 4 is 17.6 Å². The molecule has 11 heteroatoms. The first-order chi connectivity index (χ1) is 17.6. The Kier molecular flexibility index (Phi) is 6.38. The minimum atomic E-state index is -4.79. The molecule has 0 radical (unpaired) electrons. The topological polar surface area (TPSA) is 106 Å². The maximum Gasteiger partial charge on any atom is 0.435 e. The summed E-state index contributed by atoms with van der Waals surface area (Å²) in [6.45, 7) is 3.20. The lowest BCUT2D eigenvalue weighted by molar-refractivity contribution is -0.141. The molecule has 0 spiro atoms. The van der Waals surface area contributed by atoms with Gasteiger partial charge in [-0.05, 0) is 47.6 Å². The standard InChI is InChI=1S/C26H27F3N6O2/c1-15-9-11-34(25(15)37)12-16-2-4-17(5-3-16)13-35-14-20(22(33-35)26(27,28)29)24(36)32-21-7-6-19-18(21)8-10-31-23(19)30/h2-5,8,10,14-15,21H,6-7,9,11-13H2,1H3,(H2,30,31)(H,32,36)/t15-,21?/m0/s1. The van der Waals surface area contributed by atoms with Gasteiger partial charge in [0.15, 0.2) is 5.69 Å². The van der Waals surface area contributed by atoms with E-state index in [4.69, 9.17) is 5.73 Å². The Bertz CT molecular complexity index is 1340. The first-order valence-corrected chi connectivity index (χ1v) is 12.2. The molecule has 2 aromatic heterocycles. The van der Waals surface area contributed by atoms with E-state index in [9.17, 15) is 22.8 Å². The van der Waals surface area contributed by atoms with Crippen LogP contribution < -0.4 is 11.1 Å². The van der Waals surface area contributed by atoms with Gasteiger partial charge < -0.3 is 16.0 Å². The number of nitrogens with two attached hydrogens (primary N) is 1. The number of carbonyl (C=O) groups excluding carboxylic acids is 2. The number of pyridine rings is 1. The zero-order valence-corrected chi connectivity index (χ0v) is 20.3. The third-order valence-corrected chi connectivity index (χ3v) is 7.07. The molecule has 194 valence electrons. The van der Waals surface area contributed by atoms with Crippen molar-refractivity contribution in [1.82, 2.24) is 25.0 Å². The van der Waals surface area contributed by atoms with Crippen molar-refractivity contribution < 1.29 is 22.8 Å². The number of alkyl halides is 3. The Morgan fingerprint density at radius 3 is 2.49 bits per heavy atom. The molecule has 1 unspecified atom stereocenters. The fourth-order valence-corrected chi connectivity index (χ4v) is 5.04. The molecule has 1 aliphatic heterocycles. The fraction of sp³-hybridized carbons (Fsp3) is 0.385. The van der Waals surface area contributed by atoms with Crippen LogP contribution in [-0.2, 0) is 30.5 Å². The second-order valence-electron chi connectivity index (χ2n) is 9.68. The van der Waals surface area contributed by atoms with Gasteiger partial charge in [-0.2, -0.15) is 18.3 Å². The van der Waals surface area contributed by atoms with Crippen LogP contribution >= 0.6 is 0 Å². The summed E-state index contributed by atoms with van der Waals surface area (Å²) in [6.07, 6.45) is -0.179. The van der Waals surface area contributed by atoms with E-state index in [0.717, 1.165) is 46.1 Å². The molecule has 1 saturated heterocycles. The lowest BCUT2D eigenvalue weighted by Gasteiger charge is -2.16. The number of aromatic nitrogens is 3. The summed E-state index contributed by atoms with van der Waals surface area (Å²) in [6, 6.07) is 8.57. The van der Waals surface area contributed by atoms with Crippen molar-refractivity contribution in [3.63, 3.8) is 0 Å². The minimum absolute atomic E-state index is 0.0341. The highest BCUT2D eigenvalue weighted by molar-refractivity contribution is 5.95. The number of amides is 2. The van der Waals surface area contributed by atoms with E-state index in [-0.39, 0.29) is 18.4 Å². The van der Waals surface area contributed by atoms with Gasteiger partial charge >= 0.3 is 6.18 Å². The first-order valence-electron chi connectivity index (χ1n) is 12.2. The van der Waals surface area contributed by atoms with E-state index < -0.39 is 29.4 Å². The Morgan fingerprint density at radius 1 is 1.14 bits per heavy atom. The van der Waals surface area contributed by atoms with Crippen LogP contribution in [0.2, 0.25) is 0 Å². The number of nitrogens with one attached hydrogen (secondary N) is 1. The highest BCUT2D eigenvalue weighted by Gasteiger charge is 2.40. The van der Waals surface area contributed by atoms with E-state index in [0.29, 0.717) is 25.2 Å². The zero-order valence-electron chi connectivity index (χ0n) is 20.3. The summed E-state index contributed by atoms with van der Waals surface area (Å²) in [5.41, 5.74) is 7.38. The Morgan fingerprint density at radius 2 is 1.84 bits per heavy atom. The van der Waals surface area contributed by atoms with E-state index in [1.54, 1.807) is 23.1 Å². The minimum Gasteiger partial charge on any atom is -0.383 e. The summed E-state index contributed by atoms with van der Waals surface area (Å²) in [4.78, 5) is 30.9. The Balaban J connectivity index is 1.31. The van der Waals surface area contributed by atoms with Crippen LogP contribution in [0.1, 0.15) is 64.1 Å². The molecular weight excluding hydrogens is 485 g/mol. The summed E-state index contributed by atoms with van der Waals surface area (Å²) < 4.78 is 42.4. The van der Waals surface area contributed by atoms with Crippen molar-refractivity contribution in [3.8, 4) is 0 Å². The zero-order chi connectivity index (χ0) is 26.3. The Hall–Kier alpha value is -3.89. The normalized spacial score (nSPS) is 19.4. The smallest absolute Gasteiger partial charge is 0.383 e. The van der Waals surface area contributed by atoms with Crippen molar-refractivity contribution in [1.29, 1.82) is 0 Å². The van der Waals surface area contributed by atoms with Crippen LogP contribution in [0.25, 0.3) is 0 Å². The maximum atomic E-state index is 13.8. The molecule has 2 atom stereocenters. The number of nitrogen functional groups attached to an aromatic ring is 1. The predicted molar refractivity (Wildman–Crippen MR) is 129 cm³/mol. The van der Waals surface area contributed by atoms with Gasteiger partial charge in [0.25, 0.3) is 5.91 Å². The lowest BCUT2D eigenvalue weighted by atomic mass is 10.1. The molecule has 1 fully saturated rings. The molecule has 1 aromatic carbocycles. The van der Waals surface area contributed by atoms with E-state index in [1.807, 2.05) is 19.1 Å². The molecular formula is C26H27F3N6O2. The largest absolute Gasteiger partial charge is 0.435 e. The highest BCUT2D eigenvalue weighted by atomic mass is 19.4. The number of rotatable bonds is 6. The molecule has 0 saturated carbocycles. The van der Waals surface area contributed by atoms with Crippen molar-refractivity contribution in [3.05, 3.63) is 76.2 Å². The van der Waals surface area contributed by atoms with Crippen molar-refractivity contribution in [2.24, 2.45) is 5.92 Å². The molecule has 3 N–H and O–H groups in total. The number of halogens is 3. The molecule has 2 amide bonds. The number of anilines is 1. The fourth-order valence-electron chi connectivity index (χ4n) is 5.04.